The van der Waals surface area contributed by atoms with E-state index in [0.29, 0.717) is 22.5 Å². The molecular formula is C29H34BrN3O5S. The van der Waals surface area contributed by atoms with Crippen molar-refractivity contribution in [2.75, 3.05) is 24.5 Å². The molecule has 0 fully saturated rings. The Morgan fingerprint density at radius 3 is 2.28 bits per heavy atom. The maximum Gasteiger partial charge on any atom is 0.264 e. The highest BCUT2D eigenvalue weighted by Crippen LogP contribution is 2.31. The van der Waals surface area contributed by atoms with E-state index in [4.69, 9.17) is 4.74 Å². The Hall–Kier alpha value is -3.37. The van der Waals surface area contributed by atoms with Gasteiger partial charge < -0.3 is 15.0 Å². The van der Waals surface area contributed by atoms with Gasteiger partial charge in [-0.1, -0.05) is 47.5 Å². The summed E-state index contributed by atoms with van der Waals surface area (Å²) in [6, 6.07) is 18.2. The number of hydrogen-bond donors (Lipinski definition) is 1. The third-order valence-corrected chi connectivity index (χ3v) is 8.66. The van der Waals surface area contributed by atoms with E-state index in [1.807, 2.05) is 38.1 Å². The molecule has 10 heteroatoms. The maximum absolute atomic E-state index is 14.0. The number of anilines is 1. The fourth-order valence-electron chi connectivity index (χ4n) is 4.09. The van der Waals surface area contributed by atoms with Crippen molar-refractivity contribution < 1.29 is 22.7 Å². The number of aryl methyl sites for hydroxylation is 2. The SMILES string of the molecule is CCNC(=O)[C@@H](C)N(Cc1cccc(C)c1)C(=O)CN(c1ccc(C)cc1)S(=O)(=O)c1ccc(OC)c(Br)c1. The Morgan fingerprint density at radius 2 is 1.69 bits per heavy atom. The highest BCUT2D eigenvalue weighted by atomic mass is 79.9. The average Bonchev–Trinajstić information content (AvgIpc) is 2.90. The topological polar surface area (TPSA) is 96.0 Å². The molecule has 0 spiro atoms. The van der Waals surface area contributed by atoms with Crippen molar-refractivity contribution in [3.05, 3.63) is 87.9 Å². The monoisotopic (exact) mass is 615 g/mol. The van der Waals surface area contributed by atoms with Crippen LogP contribution in [0.3, 0.4) is 0 Å². The van der Waals surface area contributed by atoms with E-state index in [1.165, 1.54) is 24.1 Å². The number of nitrogens with zero attached hydrogens (tertiary/aromatic N) is 2. The quantitative estimate of drug-likeness (QED) is 0.333. The van der Waals surface area contributed by atoms with Gasteiger partial charge in [0.05, 0.1) is 22.2 Å². The molecule has 1 atom stereocenters. The molecule has 0 heterocycles. The minimum Gasteiger partial charge on any atom is -0.496 e. The molecule has 0 unspecified atom stereocenters. The lowest BCUT2D eigenvalue weighted by Crippen LogP contribution is -2.51. The summed E-state index contributed by atoms with van der Waals surface area (Å²) in [4.78, 5) is 28.1. The third kappa shape index (κ3) is 7.39. The number of carbonyl (C=O) groups is 2. The second-order valence-corrected chi connectivity index (χ2v) is 11.9. The lowest BCUT2D eigenvalue weighted by Gasteiger charge is -2.32. The van der Waals surface area contributed by atoms with Gasteiger partial charge in [-0.2, -0.15) is 0 Å². The Balaban J connectivity index is 2.05. The van der Waals surface area contributed by atoms with Crippen molar-refractivity contribution in [3.8, 4) is 5.75 Å². The number of sulfonamides is 1. The Bertz CT molecular complexity index is 1430. The standard InChI is InChI=1S/C29H34BrN3O5S/c1-6-31-29(35)22(4)32(18-23-9-7-8-21(3)16-23)28(34)19-33(24-12-10-20(2)11-13-24)39(36,37)25-14-15-27(38-5)26(30)17-25/h7-17,22H,6,18-19H2,1-5H3,(H,31,35)/t22-/m1/s1. The van der Waals surface area contributed by atoms with Crippen molar-refractivity contribution in [2.45, 2.75) is 45.2 Å². The lowest BCUT2D eigenvalue weighted by atomic mass is 10.1. The number of amides is 2. The molecule has 0 aliphatic rings. The zero-order valence-electron chi connectivity index (χ0n) is 22.8. The number of nitrogens with one attached hydrogen (secondary N) is 1. The van der Waals surface area contributed by atoms with E-state index in [0.717, 1.165) is 21.0 Å². The highest BCUT2D eigenvalue weighted by Gasteiger charge is 2.32. The molecule has 3 rings (SSSR count). The van der Waals surface area contributed by atoms with Crippen molar-refractivity contribution in [3.63, 3.8) is 0 Å². The van der Waals surface area contributed by atoms with E-state index in [9.17, 15) is 18.0 Å². The van der Waals surface area contributed by atoms with Gasteiger partial charge in [-0.3, -0.25) is 13.9 Å². The Morgan fingerprint density at radius 1 is 1.00 bits per heavy atom. The van der Waals surface area contributed by atoms with E-state index in [2.05, 4.69) is 21.2 Å². The molecular weight excluding hydrogens is 582 g/mol. The van der Waals surface area contributed by atoms with Crippen molar-refractivity contribution >= 4 is 43.5 Å². The van der Waals surface area contributed by atoms with Crippen molar-refractivity contribution in [1.82, 2.24) is 10.2 Å². The largest absolute Gasteiger partial charge is 0.496 e. The molecule has 0 saturated heterocycles. The van der Waals surface area contributed by atoms with Crippen LogP contribution in [0, 0.1) is 13.8 Å². The first kappa shape index (κ1) is 30.2. The highest BCUT2D eigenvalue weighted by molar-refractivity contribution is 9.10. The van der Waals surface area contributed by atoms with Gasteiger partial charge in [0.25, 0.3) is 10.0 Å². The molecule has 0 radical (unpaired) electrons. The first-order valence-electron chi connectivity index (χ1n) is 12.5. The van der Waals surface area contributed by atoms with Crippen LogP contribution in [-0.4, -0.2) is 51.4 Å². The van der Waals surface area contributed by atoms with Gasteiger partial charge in [-0.25, -0.2) is 8.42 Å². The zero-order valence-corrected chi connectivity index (χ0v) is 25.2. The van der Waals surface area contributed by atoms with Crippen LogP contribution in [0.15, 0.2) is 76.1 Å². The summed E-state index contributed by atoms with van der Waals surface area (Å²) in [6.07, 6.45) is 0. The minimum atomic E-state index is -4.18. The average molecular weight is 617 g/mol. The predicted molar refractivity (Wildman–Crippen MR) is 156 cm³/mol. The van der Waals surface area contributed by atoms with Crippen LogP contribution >= 0.6 is 15.9 Å². The van der Waals surface area contributed by atoms with Gasteiger partial charge in [0.15, 0.2) is 0 Å². The summed E-state index contributed by atoms with van der Waals surface area (Å²) in [7, 11) is -2.69. The van der Waals surface area contributed by atoms with E-state index < -0.39 is 28.5 Å². The lowest BCUT2D eigenvalue weighted by molar-refractivity contribution is -0.139. The third-order valence-electron chi connectivity index (χ3n) is 6.27. The fourth-order valence-corrected chi connectivity index (χ4v) is 6.22. The van der Waals surface area contributed by atoms with E-state index >= 15 is 0 Å². The summed E-state index contributed by atoms with van der Waals surface area (Å²) in [5, 5.41) is 2.76. The van der Waals surface area contributed by atoms with Gasteiger partial charge in [-0.05, 0) is 79.5 Å². The number of rotatable bonds is 11. The number of hydrogen-bond acceptors (Lipinski definition) is 5. The van der Waals surface area contributed by atoms with Crippen LogP contribution in [0.4, 0.5) is 5.69 Å². The summed E-state index contributed by atoms with van der Waals surface area (Å²) in [6.45, 7) is 7.35. The van der Waals surface area contributed by atoms with Crippen molar-refractivity contribution in [2.24, 2.45) is 0 Å². The number of likely N-dealkylation sites (N-methyl/N-ethyl adjacent to an activating group) is 1. The summed E-state index contributed by atoms with van der Waals surface area (Å²) >= 11 is 3.35. The molecule has 3 aromatic carbocycles. The molecule has 208 valence electrons. The van der Waals surface area contributed by atoms with Crippen LogP contribution in [0.5, 0.6) is 5.75 Å². The van der Waals surface area contributed by atoms with Gasteiger partial charge in [0, 0.05) is 13.1 Å². The molecule has 3 aromatic rings. The molecule has 0 aromatic heterocycles. The van der Waals surface area contributed by atoms with Gasteiger partial charge >= 0.3 is 0 Å². The molecule has 39 heavy (non-hydrogen) atoms. The molecule has 0 saturated carbocycles. The van der Waals surface area contributed by atoms with Crippen LogP contribution < -0.4 is 14.4 Å². The van der Waals surface area contributed by atoms with E-state index in [1.54, 1.807) is 44.2 Å². The second-order valence-electron chi connectivity index (χ2n) is 9.22. The first-order valence-corrected chi connectivity index (χ1v) is 14.8. The maximum atomic E-state index is 14.0. The second kappa shape index (κ2) is 13.1. The van der Waals surface area contributed by atoms with E-state index in [-0.39, 0.29) is 17.3 Å². The smallest absolute Gasteiger partial charge is 0.264 e. The van der Waals surface area contributed by atoms with Crippen LogP contribution in [-0.2, 0) is 26.2 Å². The number of methoxy groups -OCH3 is 1. The molecule has 1 N–H and O–H groups in total. The Labute approximate surface area is 239 Å². The summed E-state index contributed by atoms with van der Waals surface area (Å²) < 4.78 is 34.7. The number of benzene rings is 3. The molecule has 0 bridgehead atoms. The summed E-state index contributed by atoms with van der Waals surface area (Å²) in [5.41, 5.74) is 3.13. The van der Waals surface area contributed by atoms with Crippen LogP contribution in [0.2, 0.25) is 0 Å². The molecule has 0 aliphatic heterocycles. The minimum absolute atomic E-state index is 0.00874. The Kier molecular flexibility index (Phi) is 10.2. The fraction of sp³-hybridized carbons (Fsp3) is 0.310. The zero-order chi connectivity index (χ0) is 28.7. The normalized spacial score (nSPS) is 11.9. The molecule has 8 nitrogen and oxygen atoms in total. The number of ether oxygens (including phenoxy) is 1. The van der Waals surface area contributed by atoms with Crippen LogP contribution in [0.1, 0.15) is 30.5 Å². The first-order chi connectivity index (χ1) is 18.5. The van der Waals surface area contributed by atoms with Crippen LogP contribution in [0.25, 0.3) is 0 Å². The molecule has 2 amide bonds. The van der Waals surface area contributed by atoms with Gasteiger partial charge in [-0.15, -0.1) is 0 Å². The molecule has 0 aliphatic carbocycles. The van der Waals surface area contributed by atoms with Gasteiger partial charge in [0.1, 0.15) is 18.3 Å². The number of carbonyl (C=O) groups excluding carboxylic acids is 2. The summed E-state index contributed by atoms with van der Waals surface area (Å²) in [5.74, 6) is -0.346. The predicted octanol–water partition coefficient (Wildman–Crippen LogP) is 4.82. The number of halogens is 1. The van der Waals surface area contributed by atoms with Crippen molar-refractivity contribution in [1.29, 1.82) is 0 Å². The van der Waals surface area contributed by atoms with Gasteiger partial charge in [0.2, 0.25) is 11.8 Å².